The number of ketones is 1. The number of fused-ring (bicyclic) bond motifs is 1. The van der Waals surface area contributed by atoms with Gasteiger partial charge in [0.2, 0.25) is 17.6 Å². The van der Waals surface area contributed by atoms with Crippen molar-refractivity contribution in [3.05, 3.63) is 35.9 Å². The standard InChI is InChI=1S/C23H27N5O7/c1-24-13-15(12-18(29)23(34)35)25-21(32)17-8-5-11-27-19(30)10-9-16(22(33)28(17)27)26-20(31)14-6-3-2-4-7-14/h2-4,6-7,13,15-17H,5,8-12H2,1H3,(H,25,32)(H,26,31)(H,34,35)/t15-,16-,17-/m0/s1. The molecular weight excluding hydrogens is 458 g/mol. The maximum atomic E-state index is 13.5. The molecule has 35 heavy (non-hydrogen) atoms. The zero-order valence-electron chi connectivity index (χ0n) is 19.2. The van der Waals surface area contributed by atoms with Crippen LogP contribution in [0.2, 0.25) is 0 Å². The Bertz CT molecular complexity index is 1040. The van der Waals surface area contributed by atoms with Gasteiger partial charge in [-0.2, -0.15) is 0 Å². The van der Waals surface area contributed by atoms with E-state index in [-0.39, 0.29) is 31.7 Å². The number of hydrazine groups is 1. The predicted molar refractivity (Wildman–Crippen MR) is 122 cm³/mol. The van der Waals surface area contributed by atoms with E-state index < -0.39 is 54.0 Å². The number of carbonyl (C=O) groups is 6. The summed E-state index contributed by atoms with van der Waals surface area (Å²) in [5.74, 6) is -4.82. The lowest BCUT2D eigenvalue weighted by molar-refractivity contribution is -0.176. The second kappa shape index (κ2) is 11.4. The quantitative estimate of drug-likeness (QED) is 0.331. The number of hydrogen-bond acceptors (Lipinski definition) is 7. The third-order valence-electron chi connectivity index (χ3n) is 5.81. The number of carbonyl (C=O) groups excluding carboxylic acids is 5. The second-order valence-electron chi connectivity index (χ2n) is 8.24. The summed E-state index contributed by atoms with van der Waals surface area (Å²) in [6.45, 7) is 0.241. The van der Waals surface area contributed by atoms with Crippen LogP contribution in [0.5, 0.6) is 0 Å². The molecule has 2 saturated heterocycles. The summed E-state index contributed by atoms with van der Waals surface area (Å²) in [7, 11) is 1.41. The van der Waals surface area contributed by atoms with Crippen molar-refractivity contribution in [1.29, 1.82) is 0 Å². The van der Waals surface area contributed by atoms with Crippen LogP contribution in [0.25, 0.3) is 0 Å². The first kappa shape index (κ1) is 25.5. The zero-order valence-corrected chi connectivity index (χ0v) is 19.2. The molecule has 1 aromatic rings. The van der Waals surface area contributed by atoms with E-state index in [2.05, 4.69) is 15.6 Å². The Morgan fingerprint density at radius 2 is 1.89 bits per heavy atom. The molecule has 0 bridgehead atoms. The maximum Gasteiger partial charge on any atom is 0.372 e. The molecule has 0 aromatic heterocycles. The first-order chi connectivity index (χ1) is 16.7. The van der Waals surface area contributed by atoms with E-state index in [1.165, 1.54) is 18.3 Å². The minimum absolute atomic E-state index is 0.00848. The van der Waals surface area contributed by atoms with Gasteiger partial charge in [0.05, 0.1) is 6.04 Å². The fourth-order valence-electron chi connectivity index (χ4n) is 4.12. The van der Waals surface area contributed by atoms with Crippen molar-refractivity contribution in [2.75, 3.05) is 13.6 Å². The van der Waals surface area contributed by atoms with Gasteiger partial charge in [0.15, 0.2) is 0 Å². The molecule has 0 radical (unpaired) electrons. The van der Waals surface area contributed by atoms with Crippen molar-refractivity contribution in [1.82, 2.24) is 20.7 Å². The number of carboxylic acids is 1. The van der Waals surface area contributed by atoms with Crippen LogP contribution >= 0.6 is 0 Å². The van der Waals surface area contributed by atoms with Gasteiger partial charge in [-0.1, -0.05) is 18.2 Å². The molecule has 0 spiro atoms. The highest BCUT2D eigenvalue weighted by atomic mass is 16.4. The van der Waals surface area contributed by atoms with Gasteiger partial charge in [-0.3, -0.25) is 34.0 Å². The number of rotatable bonds is 8. The van der Waals surface area contributed by atoms with E-state index >= 15 is 0 Å². The number of carboxylic acid groups (broad SMARTS) is 1. The predicted octanol–water partition coefficient (Wildman–Crippen LogP) is -0.457. The highest BCUT2D eigenvalue weighted by Gasteiger charge is 2.44. The molecule has 186 valence electrons. The molecule has 3 atom stereocenters. The molecule has 0 unspecified atom stereocenters. The minimum Gasteiger partial charge on any atom is -0.475 e. The Hall–Kier alpha value is -4.09. The van der Waals surface area contributed by atoms with E-state index in [4.69, 9.17) is 5.11 Å². The number of hydrogen-bond donors (Lipinski definition) is 3. The Balaban J connectivity index is 1.80. The molecule has 3 rings (SSSR count). The molecule has 0 saturated carbocycles. The van der Waals surface area contributed by atoms with E-state index in [9.17, 15) is 28.8 Å². The van der Waals surface area contributed by atoms with Gasteiger partial charge >= 0.3 is 5.97 Å². The average Bonchev–Trinajstić information content (AvgIpc) is 2.96. The number of Topliss-reactive ketones (excluding diaryl/α,β-unsaturated/α-hetero) is 1. The average molecular weight is 485 g/mol. The molecule has 2 aliphatic heterocycles. The van der Waals surface area contributed by atoms with Crippen LogP contribution in [-0.4, -0.2) is 88.4 Å². The van der Waals surface area contributed by atoms with Gasteiger partial charge in [-0.05, 0) is 31.4 Å². The first-order valence-corrected chi connectivity index (χ1v) is 11.2. The molecule has 0 aliphatic carbocycles. The molecule has 3 N–H and O–H groups in total. The summed E-state index contributed by atoms with van der Waals surface area (Å²) in [6.07, 6.45) is 1.50. The number of amides is 4. The number of nitrogens with one attached hydrogen (secondary N) is 2. The van der Waals surface area contributed by atoms with Gasteiger partial charge in [0.25, 0.3) is 11.8 Å². The largest absolute Gasteiger partial charge is 0.475 e. The van der Waals surface area contributed by atoms with E-state index in [1.807, 2.05) is 0 Å². The summed E-state index contributed by atoms with van der Waals surface area (Å²) in [6, 6.07) is 5.21. The van der Waals surface area contributed by atoms with Gasteiger partial charge in [-0.15, -0.1) is 0 Å². The van der Waals surface area contributed by atoms with Gasteiger partial charge in [0, 0.05) is 38.2 Å². The molecule has 2 aliphatic rings. The van der Waals surface area contributed by atoms with E-state index in [0.29, 0.717) is 12.0 Å². The number of aliphatic imine (C=N–C) groups is 1. The third-order valence-corrected chi connectivity index (χ3v) is 5.81. The zero-order chi connectivity index (χ0) is 25.5. The third kappa shape index (κ3) is 6.08. The summed E-state index contributed by atoms with van der Waals surface area (Å²) in [5, 5.41) is 16.4. The Morgan fingerprint density at radius 1 is 1.17 bits per heavy atom. The van der Waals surface area contributed by atoms with Crippen molar-refractivity contribution in [3.8, 4) is 0 Å². The molecule has 12 heteroatoms. The number of aliphatic carboxylic acids is 1. The Labute approximate surface area is 201 Å². The normalized spacial score (nSPS) is 21.2. The van der Waals surface area contributed by atoms with Gasteiger partial charge in [-0.25, -0.2) is 9.80 Å². The Morgan fingerprint density at radius 3 is 2.54 bits per heavy atom. The van der Waals surface area contributed by atoms with Crippen LogP contribution in [-0.2, 0) is 24.0 Å². The second-order valence-corrected chi connectivity index (χ2v) is 8.24. The van der Waals surface area contributed by atoms with Crippen molar-refractivity contribution in [2.24, 2.45) is 4.99 Å². The number of benzene rings is 1. The Kier molecular flexibility index (Phi) is 8.29. The minimum atomic E-state index is -1.64. The lowest BCUT2D eigenvalue weighted by atomic mass is 10.0. The van der Waals surface area contributed by atoms with Gasteiger partial charge < -0.3 is 15.7 Å². The lowest BCUT2D eigenvalue weighted by Gasteiger charge is -2.43. The van der Waals surface area contributed by atoms with Crippen LogP contribution in [0.15, 0.2) is 35.3 Å². The van der Waals surface area contributed by atoms with Crippen LogP contribution < -0.4 is 10.6 Å². The summed E-state index contributed by atoms with van der Waals surface area (Å²) in [4.78, 5) is 78.4. The lowest BCUT2D eigenvalue weighted by Crippen LogP contribution is -2.64. The molecule has 2 heterocycles. The van der Waals surface area contributed by atoms with Crippen molar-refractivity contribution < 1.29 is 33.9 Å². The fraction of sp³-hybridized carbons (Fsp3) is 0.435. The maximum absolute atomic E-state index is 13.5. The molecule has 4 amide bonds. The molecule has 2 fully saturated rings. The first-order valence-electron chi connectivity index (χ1n) is 11.2. The molecular formula is C23H27N5O7. The van der Waals surface area contributed by atoms with Crippen LogP contribution in [0.4, 0.5) is 0 Å². The van der Waals surface area contributed by atoms with Crippen LogP contribution in [0.1, 0.15) is 42.5 Å². The van der Waals surface area contributed by atoms with Crippen LogP contribution in [0.3, 0.4) is 0 Å². The van der Waals surface area contributed by atoms with Crippen molar-refractivity contribution >= 4 is 41.6 Å². The topological polar surface area (TPSA) is 166 Å². The summed E-state index contributed by atoms with van der Waals surface area (Å²) >= 11 is 0. The number of nitrogens with zero attached hydrogens (tertiary/aromatic N) is 3. The fourth-order valence-corrected chi connectivity index (χ4v) is 4.12. The smallest absolute Gasteiger partial charge is 0.372 e. The highest BCUT2D eigenvalue weighted by Crippen LogP contribution is 2.25. The SMILES string of the molecule is CN=C[C@H](CC(=O)C(=O)O)NC(=O)[C@@H]1CCCN2C(=O)CC[C@H](NC(=O)c3ccccc3)C(=O)N12. The van der Waals surface area contributed by atoms with Gasteiger partial charge in [0.1, 0.15) is 12.1 Å². The van der Waals surface area contributed by atoms with Crippen LogP contribution in [0, 0.1) is 0 Å². The summed E-state index contributed by atoms with van der Waals surface area (Å²) < 4.78 is 0. The molecule has 12 nitrogen and oxygen atoms in total. The van der Waals surface area contributed by atoms with Crippen molar-refractivity contribution in [2.45, 2.75) is 50.2 Å². The van der Waals surface area contributed by atoms with E-state index in [1.54, 1.807) is 30.3 Å². The van der Waals surface area contributed by atoms with Crippen molar-refractivity contribution in [3.63, 3.8) is 0 Å². The highest BCUT2D eigenvalue weighted by molar-refractivity contribution is 6.33. The summed E-state index contributed by atoms with van der Waals surface area (Å²) in [5.41, 5.74) is 0.352. The van der Waals surface area contributed by atoms with E-state index in [0.717, 1.165) is 5.01 Å². The monoisotopic (exact) mass is 485 g/mol. The molecule has 1 aromatic carbocycles.